The van der Waals surface area contributed by atoms with Crippen LogP contribution in [0.2, 0.25) is 0 Å². The van der Waals surface area contributed by atoms with E-state index in [0.29, 0.717) is 0 Å². The monoisotopic (exact) mass is 681 g/mol. The zero-order valence-corrected chi connectivity index (χ0v) is 23.1. The smallest absolute Gasteiger partial charge is 0.346 e. The van der Waals surface area contributed by atoms with Crippen molar-refractivity contribution in [1.82, 2.24) is 9.97 Å². The number of pyridine rings is 2. The Morgan fingerprint density at radius 2 is 1.05 bits per heavy atom. The largest absolute Gasteiger partial charge is 2.00 e. The molecule has 188 valence electrons. The van der Waals surface area contributed by atoms with E-state index >= 15 is 0 Å². The van der Waals surface area contributed by atoms with Crippen molar-refractivity contribution in [2.24, 2.45) is 0 Å². The second-order valence-corrected chi connectivity index (χ2v) is 9.06. The molecular weight excluding hydrogens is 659 g/mol. The Balaban J connectivity index is 0.00000277. The Bertz CT molecular complexity index is 1680. The average Bonchev–Trinajstić information content (AvgIpc) is 2.98. The van der Waals surface area contributed by atoms with Crippen LogP contribution in [0.15, 0.2) is 127 Å². The molecule has 1 aliphatic heterocycles. The van der Waals surface area contributed by atoms with Crippen LogP contribution in [0, 0.1) is 12.1 Å². The number of para-hydroxylation sites is 1. The number of rotatable bonds is 2. The van der Waals surface area contributed by atoms with Gasteiger partial charge in [-0.1, -0.05) is 72.8 Å². The van der Waals surface area contributed by atoms with Crippen LogP contribution in [0.4, 0.5) is 28.7 Å². The molecule has 0 saturated carbocycles. The molecule has 0 amide bonds. The summed E-state index contributed by atoms with van der Waals surface area (Å²) in [5, 5.41) is 3.35. The van der Waals surface area contributed by atoms with Crippen molar-refractivity contribution in [1.29, 1.82) is 0 Å². The van der Waals surface area contributed by atoms with Crippen LogP contribution in [0.5, 0.6) is 0 Å². The van der Waals surface area contributed by atoms with Gasteiger partial charge in [-0.2, -0.15) is 0 Å². The molecule has 8 bridgehead atoms. The van der Waals surface area contributed by atoms with Crippen LogP contribution in [0.25, 0.3) is 33.6 Å². The number of nitrogens with zero attached hydrogens (tertiary/aromatic N) is 3. The first-order chi connectivity index (χ1) is 18.8. The summed E-state index contributed by atoms with van der Waals surface area (Å²) in [6.45, 7) is 0. The van der Waals surface area contributed by atoms with Crippen LogP contribution in [-0.2, 0) is 21.1 Å². The molecule has 0 fully saturated rings. The fourth-order valence-electron chi connectivity index (χ4n) is 4.83. The molecule has 0 atom stereocenters. The Labute approximate surface area is 242 Å². The molecule has 3 heterocycles. The first-order valence-electron chi connectivity index (χ1n) is 12.5. The van der Waals surface area contributed by atoms with Gasteiger partial charge in [0.15, 0.2) is 0 Å². The number of benzene rings is 4. The van der Waals surface area contributed by atoms with Crippen molar-refractivity contribution < 1.29 is 21.1 Å². The van der Waals surface area contributed by atoms with Crippen molar-refractivity contribution in [3.63, 3.8) is 0 Å². The molecular formula is C34H22N4Pt. The van der Waals surface area contributed by atoms with Gasteiger partial charge in [0.2, 0.25) is 0 Å². The number of hydrogen-bond acceptors (Lipinski definition) is 4. The van der Waals surface area contributed by atoms with Crippen LogP contribution in [0.1, 0.15) is 0 Å². The Morgan fingerprint density at radius 1 is 0.513 bits per heavy atom. The quantitative estimate of drug-likeness (QED) is 0.186. The van der Waals surface area contributed by atoms with Crippen LogP contribution in [0.3, 0.4) is 0 Å². The maximum absolute atomic E-state index is 4.87. The fraction of sp³-hybridized carbons (Fsp3) is 0. The first-order valence-corrected chi connectivity index (χ1v) is 12.5. The van der Waals surface area contributed by atoms with E-state index in [-0.39, 0.29) is 21.1 Å². The van der Waals surface area contributed by atoms with E-state index in [0.717, 1.165) is 62.3 Å². The summed E-state index contributed by atoms with van der Waals surface area (Å²) in [5.41, 5.74) is 8.58. The second-order valence-electron chi connectivity index (χ2n) is 9.06. The molecule has 0 spiro atoms. The van der Waals surface area contributed by atoms with Gasteiger partial charge in [-0.3, -0.25) is 9.97 Å². The zero-order valence-electron chi connectivity index (χ0n) is 20.8. The summed E-state index contributed by atoms with van der Waals surface area (Å²) >= 11 is 0. The molecule has 7 rings (SSSR count). The molecule has 5 heteroatoms. The van der Waals surface area contributed by atoms with Gasteiger partial charge < -0.3 is 10.2 Å². The zero-order chi connectivity index (χ0) is 25.3. The topological polar surface area (TPSA) is 41.1 Å². The summed E-state index contributed by atoms with van der Waals surface area (Å²) in [4.78, 5) is 12.0. The van der Waals surface area contributed by atoms with E-state index in [2.05, 4.69) is 95.1 Å². The molecule has 4 nitrogen and oxygen atoms in total. The third-order valence-electron chi connectivity index (χ3n) is 6.58. The van der Waals surface area contributed by atoms with Gasteiger partial charge in [0.05, 0.1) is 5.69 Å². The second kappa shape index (κ2) is 10.7. The van der Waals surface area contributed by atoms with E-state index in [4.69, 9.17) is 9.97 Å². The summed E-state index contributed by atoms with van der Waals surface area (Å²) in [6.07, 6.45) is 0. The van der Waals surface area contributed by atoms with Crippen molar-refractivity contribution in [2.75, 3.05) is 10.2 Å². The Morgan fingerprint density at radius 3 is 1.67 bits per heavy atom. The van der Waals surface area contributed by atoms with Gasteiger partial charge in [0.25, 0.3) is 0 Å². The summed E-state index contributed by atoms with van der Waals surface area (Å²) in [6, 6.07) is 50.5. The van der Waals surface area contributed by atoms with Crippen LogP contribution >= 0.6 is 0 Å². The SMILES string of the molecule is [Pt+2].[c-]1c2cccc1N(c1ccccc1-c1ccccc1)c1[c-]c(ccc1)-c1cccc(n1)Nc1cccc-2n1. The van der Waals surface area contributed by atoms with E-state index in [9.17, 15) is 0 Å². The third kappa shape index (κ3) is 4.87. The number of aromatic nitrogens is 2. The molecule has 0 unspecified atom stereocenters. The van der Waals surface area contributed by atoms with Gasteiger partial charge >= 0.3 is 21.1 Å². The number of nitrogens with one attached hydrogen (secondary N) is 1. The molecule has 0 aliphatic carbocycles. The van der Waals surface area contributed by atoms with Crippen molar-refractivity contribution in [2.45, 2.75) is 0 Å². The number of fused-ring (bicyclic) bond motifs is 10. The average molecular weight is 682 g/mol. The van der Waals surface area contributed by atoms with Gasteiger partial charge in [-0.05, 0) is 46.5 Å². The normalized spacial score (nSPS) is 11.5. The van der Waals surface area contributed by atoms with Crippen LogP contribution in [-0.4, -0.2) is 9.97 Å². The van der Waals surface area contributed by atoms with E-state index in [1.165, 1.54) is 0 Å². The third-order valence-corrected chi connectivity index (χ3v) is 6.58. The summed E-state index contributed by atoms with van der Waals surface area (Å²) in [7, 11) is 0. The molecule has 39 heavy (non-hydrogen) atoms. The molecule has 4 aromatic carbocycles. The Hall–Kier alpha value is -4.53. The van der Waals surface area contributed by atoms with Crippen molar-refractivity contribution in [3.8, 4) is 33.6 Å². The van der Waals surface area contributed by atoms with Gasteiger partial charge in [-0.25, -0.2) is 0 Å². The van der Waals surface area contributed by atoms with Crippen molar-refractivity contribution >= 4 is 28.7 Å². The van der Waals surface area contributed by atoms with Crippen LogP contribution < -0.4 is 10.2 Å². The molecule has 0 saturated heterocycles. The number of hydrogen-bond donors (Lipinski definition) is 1. The molecule has 1 aliphatic rings. The maximum atomic E-state index is 4.87. The predicted octanol–water partition coefficient (Wildman–Crippen LogP) is 8.60. The van der Waals surface area contributed by atoms with E-state index in [1.807, 2.05) is 54.6 Å². The minimum Gasteiger partial charge on any atom is -0.346 e. The van der Waals surface area contributed by atoms with Gasteiger partial charge in [0, 0.05) is 5.56 Å². The minimum atomic E-state index is 0. The van der Waals surface area contributed by atoms with E-state index in [1.54, 1.807) is 0 Å². The standard InChI is InChI=1S/C34H22N4.Pt/c1-2-10-24(11-3-1)29-16-4-5-19-32(29)38-27-14-6-12-25(22-27)30-17-8-20-33(35-30)37-34-21-9-18-31(36-34)26-13-7-15-28(38)23-26;/h1-21H,(H,35,36,37);/q-2;+2. The predicted molar refractivity (Wildman–Crippen MR) is 154 cm³/mol. The van der Waals surface area contributed by atoms with Crippen molar-refractivity contribution in [3.05, 3.63) is 140 Å². The Kier molecular flexibility index (Phi) is 6.79. The molecule has 2 aromatic heterocycles. The summed E-state index contributed by atoms with van der Waals surface area (Å²) in [5.74, 6) is 1.46. The van der Waals surface area contributed by atoms with Gasteiger partial charge in [0.1, 0.15) is 11.6 Å². The maximum Gasteiger partial charge on any atom is 2.00 e. The van der Waals surface area contributed by atoms with Gasteiger partial charge in [-0.15, -0.1) is 59.7 Å². The first kappa shape index (κ1) is 24.8. The molecule has 1 N–H and O–H groups in total. The number of anilines is 5. The molecule has 0 radical (unpaired) electrons. The minimum absolute atomic E-state index is 0. The molecule has 6 aromatic rings. The fourth-order valence-corrected chi connectivity index (χ4v) is 4.83. The summed E-state index contributed by atoms with van der Waals surface area (Å²) < 4.78 is 0. The van der Waals surface area contributed by atoms with E-state index < -0.39 is 0 Å².